The van der Waals surface area contributed by atoms with Gasteiger partial charge in [-0.1, -0.05) is 0 Å². The van der Waals surface area contributed by atoms with Crippen LogP contribution < -0.4 is 21.9 Å². The minimum Gasteiger partial charge on any atom is -0.492 e. The van der Waals surface area contributed by atoms with Crippen LogP contribution in [-0.4, -0.2) is 33.4 Å². The van der Waals surface area contributed by atoms with Crippen LogP contribution in [0.5, 0.6) is 5.88 Å². The lowest BCUT2D eigenvalue weighted by Gasteiger charge is -2.08. The van der Waals surface area contributed by atoms with Crippen molar-refractivity contribution in [1.29, 1.82) is 0 Å². The van der Waals surface area contributed by atoms with Crippen LogP contribution in [-0.2, 0) is 4.74 Å². The van der Waals surface area contributed by atoms with Gasteiger partial charge in [-0.25, -0.2) is 4.79 Å². The molecule has 9 nitrogen and oxygen atoms in total. The van der Waals surface area contributed by atoms with Gasteiger partial charge in [0.15, 0.2) is 10.8 Å². The minimum absolute atomic E-state index is 0.232. The smallest absolute Gasteiger partial charge is 0.413 e. The monoisotopic (exact) mass is 259 g/mol. The third-order valence-electron chi connectivity index (χ3n) is 1.56. The molecule has 92 valence electrons. The zero-order chi connectivity index (χ0) is 13.0. The Morgan fingerprint density at radius 3 is 2.82 bits per heavy atom. The number of methoxy groups -OCH3 is 1. The molecule has 0 aromatic carbocycles. The number of hydrogen-bond donors (Lipinski definition) is 5. The lowest BCUT2D eigenvalue weighted by atomic mass is 10.5. The number of thiocarbonyl (C=S) groups is 1. The van der Waals surface area contributed by atoms with Crippen molar-refractivity contribution in [3.63, 3.8) is 0 Å². The summed E-state index contributed by atoms with van der Waals surface area (Å²) >= 11 is 4.68. The van der Waals surface area contributed by atoms with Gasteiger partial charge in [0.25, 0.3) is 5.56 Å². The van der Waals surface area contributed by atoms with E-state index in [2.05, 4.69) is 37.6 Å². The Kier molecular flexibility index (Phi) is 3.82. The van der Waals surface area contributed by atoms with Crippen molar-refractivity contribution < 1.29 is 14.6 Å². The third-order valence-corrected chi connectivity index (χ3v) is 1.76. The molecule has 1 heterocycles. The van der Waals surface area contributed by atoms with Crippen LogP contribution in [0.1, 0.15) is 0 Å². The number of nitrogens with two attached hydrogens (primary N) is 1. The second-order valence-electron chi connectivity index (χ2n) is 2.72. The van der Waals surface area contributed by atoms with Gasteiger partial charge in [-0.2, -0.15) is 4.98 Å². The number of amides is 1. The van der Waals surface area contributed by atoms with Gasteiger partial charge in [0.05, 0.1) is 7.11 Å². The number of H-pyrrole nitrogens is 1. The zero-order valence-corrected chi connectivity index (χ0v) is 9.42. The first-order valence-corrected chi connectivity index (χ1v) is 4.59. The summed E-state index contributed by atoms with van der Waals surface area (Å²) in [6.45, 7) is 0. The van der Waals surface area contributed by atoms with Crippen LogP contribution in [0.4, 0.5) is 16.4 Å². The quantitative estimate of drug-likeness (QED) is 0.409. The van der Waals surface area contributed by atoms with E-state index in [0.717, 1.165) is 7.11 Å². The number of anilines is 2. The molecule has 0 fully saturated rings. The Morgan fingerprint density at radius 1 is 1.65 bits per heavy atom. The van der Waals surface area contributed by atoms with Crippen LogP contribution in [0.3, 0.4) is 0 Å². The molecule has 17 heavy (non-hydrogen) atoms. The number of carbonyl (C=O) groups is 1. The summed E-state index contributed by atoms with van der Waals surface area (Å²) in [6, 6.07) is 0. The maximum atomic E-state index is 11.4. The average Bonchev–Trinajstić information content (AvgIpc) is 2.23. The highest BCUT2D eigenvalue weighted by Gasteiger charge is 2.12. The van der Waals surface area contributed by atoms with Crippen LogP contribution in [0, 0.1) is 0 Å². The van der Waals surface area contributed by atoms with Crippen molar-refractivity contribution in [1.82, 2.24) is 15.3 Å². The predicted octanol–water partition coefficient (Wildman–Crippen LogP) is -0.890. The second kappa shape index (κ2) is 5.12. The predicted molar refractivity (Wildman–Crippen MR) is 62.7 cm³/mol. The SMILES string of the molecule is COC(=O)NC(=S)Nc1c(O)nc(N)[nH]c1=O. The van der Waals surface area contributed by atoms with Crippen LogP contribution in [0.25, 0.3) is 0 Å². The van der Waals surface area contributed by atoms with E-state index < -0.39 is 17.5 Å². The molecule has 0 spiro atoms. The first-order valence-electron chi connectivity index (χ1n) is 4.18. The maximum Gasteiger partial charge on any atom is 0.413 e. The highest BCUT2D eigenvalue weighted by atomic mass is 32.1. The highest BCUT2D eigenvalue weighted by molar-refractivity contribution is 7.80. The highest BCUT2D eigenvalue weighted by Crippen LogP contribution is 2.14. The van der Waals surface area contributed by atoms with Gasteiger partial charge in [-0.05, 0) is 12.2 Å². The Balaban J connectivity index is 2.86. The number of carbonyl (C=O) groups excluding carboxylic acids is 1. The molecule has 10 heteroatoms. The van der Waals surface area contributed by atoms with Crippen molar-refractivity contribution in [3.8, 4) is 5.88 Å². The lowest BCUT2D eigenvalue weighted by Crippen LogP contribution is -2.35. The Morgan fingerprint density at radius 2 is 2.29 bits per heavy atom. The molecule has 1 amide bonds. The van der Waals surface area contributed by atoms with Crippen molar-refractivity contribution in [2.75, 3.05) is 18.2 Å². The van der Waals surface area contributed by atoms with Gasteiger partial charge in [-0.3, -0.25) is 15.1 Å². The number of nitrogens with zero attached hydrogens (tertiary/aromatic N) is 1. The summed E-state index contributed by atoms with van der Waals surface area (Å²) in [4.78, 5) is 27.7. The molecule has 0 atom stereocenters. The maximum absolute atomic E-state index is 11.4. The normalized spacial score (nSPS) is 9.47. The molecule has 0 aliphatic heterocycles. The Labute approximate surface area is 100.0 Å². The number of aromatic nitrogens is 2. The number of nitrogen functional groups attached to an aromatic ring is 1. The van der Waals surface area contributed by atoms with Gasteiger partial charge in [-0.15, -0.1) is 0 Å². The van der Waals surface area contributed by atoms with Crippen molar-refractivity contribution in [2.24, 2.45) is 0 Å². The third kappa shape index (κ3) is 3.31. The summed E-state index contributed by atoms with van der Waals surface area (Å²) in [5, 5.41) is 13.5. The topological polar surface area (TPSA) is 142 Å². The molecule has 0 unspecified atom stereocenters. The molecule has 0 aliphatic rings. The summed E-state index contributed by atoms with van der Waals surface area (Å²) in [7, 11) is 1.15. The van der Waals surface area contributed by atoms with Crippen LogP contribution in [0.15, 0.2) is 4.79 Å². The van der Waals surface area contributed by atoms with Gasteiger partial charge < -0.3 is 20.9 Å². The molecule has 0 aliphatic carbocycles. The molecule has 6 N–H and O–H groups in total. The summed E-state index contributed by atoms with van der Waals surface area (Å²) in [5.41, 5.74) is 4.12. The molecular formula is C7H9N5O4S. The van der Waals surface area contributed by atoms with Gasteiger partial charge in [0.1, 0.15) is 0 Å². The fourth-order valence-corrected chi connectivity index (χ4v) is 1.06. The van der Waals surface area contributed by atoms with Gasteiger partial charge >= 0.3 is 6.09 Å². The zero-order valence-electron chi connectivity index (χ0n) is 8.60. The Bertz CT molecular complexity index is 513. The van der Waals surface area contributed by atoms with E-state index in [0.29, 0.717) is 0 Å². The van der Waals surface area contributed by atoms with E-state index in [1.54, 1.807) is 0 Å². The largest absolute Gasteiger partial charge is 0.492 e. The van der Waals surface area contributed by atoms with E-state index in [9.17, 15) is 14.7 Å². The molecule has 0 saturated carbocycles. The fourth-order valence-electron chi connectivity index (χ4n) is 0.879. The van der Waals surface area contributed by atoms with E-state index >= 15 is 0 Å². The summed E-state index contributed by atoms with van der Waals surface area (Å²) in [6.07, 6.45) is -0.818. The van der Waals surface area contributed by atoms with Crippen molar-refractivity contribution >= 4 is 35.1 Å². The number of nitrogens with one attached hydrogen (secondary N) is 3. The first kappa shape index (κ1) is 12.7. The molecule has 0 saturated heterocycles. The minimum atomic E-state index is -0.818. The van der Waals surface area contributed by atoms with Crippen molar-refractivity contribution in [3.05, 3.63) is 10.4 Å². The molecule has 1 aromatic heterocycles. The number of alkyl carbamates (subject to hydrolysis) is 1. The van der Waals surface area contributed by atoms with Gasteiger partial charge in [0, 0.05) is 0 Å². The van der Waals surface area contributed by atoms with E-state index in [1.807, 2.05) is 0 Å². The number of ether oxygens (including phenoxy) is 1. The summed E-state index contributed by atoms with van der Waals surface area (Å²) in [5.74, 6) is -0.884. The lowest BCUT2D eigenvalue weighted by molar-refractivity contribution is 0.177. The average molecular weight is 259 g/mol. The molecular weight excluding hydrogens is 250 g/mol. The molecule has 1 rings (SSSR count). The van der Waals surface area contributed by atoms with Crippen LogP contribution >= 0.6 is 12.2 Å². The summed E-state index contributed by atoms with van der Waals surface area (Å²) < 4.78 is 4.28. The number of aromatic amines is 1. The van der Waals surface area contributed by atoms with Crippen molar-refractivity contribution in [2.45, 2.75) is 0 Å². The van der Waals surface area contributed by atoms with Gasteiger partial charge in [0.2, 0.25) is 11.8 Å². The van der Waals surface area contributed by atoms with E-state index in [4.69, 9.17) is 5.73 Å². The number of rotatable bonds is 1. The molecule has 0 radical (unpaired) electrons. The standard InChI is InChI=1S/C7H9N5O4S/c1-16-7(15)12-6(17)9-2-3(13)10-5(8)11-4(2)14/h1H3,(H2,9,12,15,17)(H4,8,10,11,13,14). The molecule has 0 bridgehead atoms. The Hall–Kier alpha value is -2.36. The number of aromatic hydroxyl groups is 1. The van der Waals surface area contributed by atoms with Crippen LogP contribution in [0.2, 0.25) is 0 Å². The number of hydrogen-bond acceptors (Lipinski definition) is 7. The second-order valence-corrected chi connectivity index (χ2v) is 3.13. The van der Waals surface area contributed by atoms with E-state index in [-0.39, 0.29) is 16.7 Å². The molecule has 1 aromatic rings. The van der Waals surface area contributed by atoms with E-state index in [1.165, 1.54) is 0 Å². The fraction of sp³-hybridized carbons (Fsp3) is 0.143. The first-order chi connectivity index (χ1) is 7.93.